The zero-order valence-electron chi connectivity index (χ0n) is 20.8. The lowest BCUT2D eigenvalue weighted by molar-refractivity contribution is 0.0407. The minimum Gasteiger partial charge on any atom is -0.403 e. The average Bonchev–Trinajstić information content (AvgIpc) is 3.31. The summed E-state index contributed by atoms with van der Waals surface area (Å²) in [4.78, 5) is 6.67. The van der Waals surface area contributed by atoms with Crippen LogP contribution in [-0.2, 0) is 16.0 Å². The highest BCUT2D eigenvalue weighted by Gasteiger charge is 2.26. The second-order valence-electron chi connectivity index (χ2n) is 9.61. The van der Waals surface area contributed by atoms with Crippen LogP contribution in [0.1, 0.15) is 36.8 Å². The summed E-state index contributed by atoms with van der Waals surface area (Å²) in [6.07, 6.45) is 6.82. The molecule has 0 atom stereocenters. The van der Waals surface area contributed by atoms with Gasteiger partial charge in [0, 0.05) is 62.4 Å². The Morgan fingerprint density at radius 1 is 1.08 bits per heavy atom. The molecule has 5 rings (SSSR count). The number of hydrazine groups is 1. The van der Waals surface area contributed by atoms with Gasteiger partial charge in [-0.15, -0.1) is 0 Å². The standard InChI is InChI=1S/C26H36N8O2/c1-32(20-5-9-35-10-6-20)16-18-3-2-4-19(13-18)23-14-22(25-26(28)30-17-31-34(23)25)24(15-27)33(29)21-7-11-36-12-8-21/h2-4,13-15,17,20-21H,5-12,16,27,29H2,1H3,(H2,28,30,31)/b24-15-. The van der Waals surface area contributed by atoms with Crippen molar-refractivity contribution in [3.8, 4) is 11.3 Å². The molecule has 2 aromatic heterocycles. The molecule has 0 radical (unpaired) electrons. The van der Waals surface area contributed by atoms with E-state index < -0.39 is 0 Å². The minimum atomic E-state index is 0.127. The highest BCUT2D eigenvalue weighted by Crippen LogP contribution is 2.34. The van der Waals surface area contributed by atoms with E-state index in [9.17, 15) is 0 Å². The molecule has 6 N–H and O–H groups in total. The summed E-state index contributed by atoms with van der Waals surface area (Å²) in [5, 5.41) is 6.29. The van der Waals surface area contributed by atoms with Crippen molar-refractivity contribution in [3.05, 3.63) is 54.0 Å². The van der Waals surface area contributed by atoms with Crippen LogP contribution in [0.25, 0.3) is 22.5 Å². The third-order valence-corrected chi connectivity index (χ3v) is 7.35. The van der Waals surface area contributed by atoms with Crippen molar-refractivity contribution in [2.24, 2.45) is 11.6 Å². The first kappa shape index (κ1) is 24.5. The smallest absolute Gasteiger partial charge is 0.152 e. The number of hydrogen-bond donors (Lipinski definition) is 3. The molecule has 0 unspecified atom stereocenters. The summed E-state index contributed by atoms with van der Waals surface area (Å²) in [5.41, 5.74) is 17.9. The van der Waals surface area contributed by atoms with Crippen LogP contribution in [-0.4, -0.2) is 70.1 Å². The first-order chi connectivity index (χ1) is 17.6. The first-order valence-corrected chi connectivity index (χ1v) is 12.6. The van der Waals surface area contributed by atoms with E-state index in [2.05, 4.69) is 52.4 Å². The fourth-order valence-corrected chi connectivity index (χ4v) is 5.32. The molecule has 10 heteroatoms. The maximum atomic E-state index is 6.60. The Kier molecular flexibility index (Phi) is 7.38. The fraction of sp³-hybridized carbons (Fsp3) is 0.462. The zero-order chi connectivity index (χ0) is 25.1. The maximum Gasteiger partial charge on any atom is 0.152 e. The topological polar surface area (TPSA) is 133 Å². The van der Waals surface area contributed by atoms with Gasteiger partial charge in [-0.1, -0.05) is 18.2 Å². The molecular formula is C26H36N8O2. The highest BCUT2D eigenvalue weighted by molar-refractivity contribution is 5.88. The van der Waals surface area contributed by atoms with Crippen LogP contribution in [0.4, 0.5) is 5.82 Å². The second-order valence-corrected chi connectivity index (χ2v) is 9.61. The maximum absolute atomic E-state index is 6.60. The van der Waals surface area contributed by atoms with Crippen molar-refractivity contribution < 1.29 is 9.47 Å². The van der Waals surface area contributed by atoms with Crippen molar-refractivity contribution in [2.75, 3.05) is 39.2 Å². The molecule has 0 bridgehead atoms. The van der Waals surface area contributed by atoms with Gasteiger partial charge < -0.3 is 25.9 Å². The molecule has 10 nitrogen and oxygen atoms in total. The van der Waals surface area contributed by atoms with Crippen LogP contribution in [0.5, 0.6) is 0 Å². The van der Waals surface area contributed by atoms with Crippen LogP contribution < -0.4 is 17.3 Å². The zero-order valence-corrected chi connectivity index (χ0v) is 20.8. The summed E-state index contributed by atoms with van der Waals surface area (Å²) >= 11 is 0. The highest BCUT2D eigenvalue weighted by atomic mass is 16.5. The van der Waals surface area contributed by atoms with Crippen LogP contribution in [0.15, 0.2) is 42.9 Å². The number of hydrogen-bond acceptors (Lipinski definition) is 9. The van der Waals surface area contributed by atoms with E-state index in [1.165, 1.54) is 11.9 Å². The third kappa shape index (κ3) is 4.90. The molecule has 0 saturated carbocycles. The van der Waals surface area contributed by atoms with Crippen molar-refractivity contribution in [1.29, 1.82) is 0 Å². The number of nitrogens with two attached hydrogens (primary N) is 3. The summed E-state index contributed by atoms with van der Waals surface area (Å²) < 4.78 is 12.9. The molecule has 2 saturated heterocycles. The van der Waals surface area contributed by atoms with E-state index >= 15 is 0 Å². The number of ether oxygens (including phenoxy) is 2. The lowest BCUT2D eigenvalue weighted by Crippen LogP contribution is -2.43. The van der Waals surface area contributed by atoms with Gasteiger partial charge in [0.25, 0.3) is 0 Å². The molecule has 2 aliphatic heterocycles. The Bertz CT molecular complexity index is 1210. The van der Waals surface area contributed by atoms with Gasteiger partial charge in [0.15, 0.2) is 5.82 Å². The molecule has 1 aromatic carbocycles. The summed E-state index contributed by atoms with van der Waals surface area (Å²) in [6, 6.07) is 11.3. The average molecular weight is 493 g/mol. The molecule has 3 aromatic rings. The SMILES string of the molecule is CN(Cc1cccc(-c2cc(/C(=C/N)N(N)C3CCOCC3)c3c(N)ncnn23)c1)C1CCOCC1. The van der Waals surface area contributed by atoms with Gasteiger partial charge in [-0.05, 0) is 50.4 Å². The molecule has 192 valence electrons. The second kappa shape index (κ2) is 10.8. The minimum absolute atomic E-state index is 0.127. The van der Waals surface area contributed by atoms with Gasteiger partial charge in [0.2, 0.25) is 0 Å². The lowest BCUT2D eigenvalue weighted by atomic mass is 10.0. The van der Waals surface area contributed by atoms with Crippen LogP contribution in [0.3, 0.4) is 0 Å². The molecule has 36 heavy (non-hydrogen) atoms. The number of anilines is 1. The predicted octanol–water partition coefficient (Wildman–Crippen LogP) is 2.20. The molecule has 4 heterocycles. The van der Waals surface area contributed by atoms with Gasteiger partial charge in [-0.3, -0.25) is 4.90 Å². The monoisotopic (exact) mass is 492 g/mol. The van der Waals surface area contributed by atoms with E-state index in [1.807, 2.05) is 4.52 Å². The van der Waals surface area contributed by atoms with E-state index in [1.54, 1.807) is 11.2 Å². The van der Waals surface area contributed by atoms with Crippen LogP contribution >= 0.6 is 0 Å². The van der Waals surface area contributed by atoms with Gasteiger partial charge in [-0.25, -0.2) is 15.3 Å². The number of aromatic nitrogens is 3. The van der Waals surface area contributed by atoms with Crippen molar-refractivity contribution in [1.82, 2.24) is 24.5 Å². The fourth-order valence-electron chi connectivity index (χ4n) is 5.32. The Hall–Kier alpha value is -3.18. The Morgan fingerprint density at radius 3 is 2.47 bits per heavy atom. The largest absolute Gasteiger partial charge is 0.403 e. The number of fused-ring (bicyclic) bond motifs is 1. The van der Waals surface area contributed by atoms with Crippen LogP contribution in [0.2, 0.25) is 0 Å². The number of rotatable bonds is 7. The normalized spacial score (nSPS) is 18.2. The van der Waals surface area contributed by atoms with Gasteiger partial charge in [-0.2, -0.15) is 5.10 Å². The van der Waals surface area contributed by atoms with Crippen molar-refractivity contribution >= 4 is 17.0 Å². The molecule has 2 fully saturated rings. The Labute approximate surface area is 211 Å². The van der Waals surface area contributed by atoms with Crippen LogP contribution in [0, 0.1) is 0 Å². The van der Waals surface area contributed by atoms with Gasteiger partial charge in [0.1, 0.15) is 11.8 Å². The number of nitrogens with zero attached hydrogens (tertiary/aromatic N) is 5. The molecule has 0 aliphatic carbocycles. The Balaban J connectivity index is 1.49. The van der Waals surface area contributed by atoms with E-state index in [0.29, 0.717) is 36.3 Å². The van der Waals surface area contributed by atoms with Gasteiger partial charge in [0.05, 0.1) is 11.4 Å². The lowest BCUT2D eigenvalue weighted by Gasteiger charge is -2.33. The Morgan fingerprint density at radius 2 is 1.78 bits per heavy atom. The predicted molar refractivity (Wildman–Crippen MR) is 140 cm³/mol. The summed E-state index contributed by atoms with van der Waals surface area (Å²) in [6.45, 7) is 3.88. The summed E-state index contributed by atoms with van der Waals surface area (Å²) in [5.74, 6) is 6.97. The quantitative estimate of drug-likeness (QED) is 0.335. The first-order valence-electron chi connectivity index (χ1n) is 12.6. The third-order valence-electron chi connectivity index (χ3n) is 7.35. The van der Waals surface area contributed by atoms with E-state index in [-0.39, 0.29) is 6.04 Å². The van der Waals surface area contributed by atoms with Crippen molar-refractivity contribution in [3.63, 3.8) is 0 Å². The molecular weight excluding hydrogens is 456 g/mol. The molecule has 0 spiro atoms. The van der Waals surface area contributed by atoms with E-state index in [0.717, 1.165) is 62.3 Å². The molecule has 2 aliphatic rings. The van der Waals surface area contributed by atoms with Gasteiger partial charge >= 0.3 is 0 Å². The number of nitrogen functional groups attached to an aromatic ring is 1. The van der Waals surface area contributed by atoms with E-state index in [4.69, 9.17) is 26.8 Å². The summed E-state index contributed by atoms with van der Waals surface area (Å²) in [7, 11) is 2.19. The molecule has 0 amide bonds. The van der Waals surface area contributed by atoms with Crippen molar-refractivity contribution in [2.45, 2.75) is 44.3 Å². The number of benzene rings is 1.